The fraction of sp³-hybridized carbons (Fsp3) is 0.400. The number of hydrogen-bond acceptors (Lipinski definition) is 4. The zero-order valence-corrected chi connectivity index (χ0v) is 13.6. The topological polar surface area (TPSA) is 50.7 Å². The summed E-state index contributed by atoms with van der Waals surface area (Å²) < 4.78 is 0.905. The highest BCUT2D eigenvalue weighted by Gasteiger charge is 2.12. The zero-order chi connectivity index (χ0) is 14.5. The summed E-state index contributed by atoms with van der Waals surface area (Å²) in [4.78, 5) is 13.6. The Morgan fingerprint density at radius 1 is 1.30 bits per heavy atom. The molecule has 0 aliphatic heterocycles. The quantitative estimate of drug-likeness (QED) is 0.888. The van der Waals surface area contributed by atoms with E-state index in [1.165, 1.54) is 0 Å². The third-order valence-electron chi connectivity index (χ3n) is 2.86. The van der Waals surface area contributed by atoms with Gasteiger partial charge in [-0.25, -0.2) is 9.97 Å². The van der Waals surface area contributed by atoms with Crippen LogP contribution in [0, 0.1) is 0 Å². The van der Waals surface area contributed by atoms with E-state index in [0.717, 1.165) is 34.6 Å². The molecule has 2 rings (SSSR count). The maximum atomic E-state index is 4.63. The summed E-state index contributed by atoms with van der Waals surface area (Å²) in [5, 5.41) is 3.33. The van der Waals surface area contributed by atoms with Crippen LogP contribution in [0.3, 0.4) is 0 Å². The predicted molar refractivity (Wildman–Crippen MR) is 85.8 cm³/mol. The molecule has 0 aliphatic carbocycles. The van der Waals surface area contributed by atoms with Gasteiger partial charge in [-0.05, 0) is 40.4 Å². The summed E-state index contributed by atoms with van der Waals surface area (Å²) in [5.41, 5.74) is 1.79. The number of rotatable bonds is 5. The van der Waals surface area contributed by atoms with Crippen LogP contribution in [0.15, 0.2) is 28.9 Å². The summed E-state index contributed by atoms with van der Waals surface area (Å²) in [6.07, 6.45) is 2.81. The van der Waals surface area contributed by atoms with Crippen LogP contribution in [0.1, 0.15) is 38.8 Å². The smallest absolute Gasteiger partial charge is 0.181 e. The first-order valence-electron chi connectivity index (χ1n) is 6.85. The van der Waals surface area contributed by atoms with E-state index in [0.29, 0.717) is 11.7 Å². The van der Waals surface area contributed by atoms with Gasteiger partial charge in [0.15, 0.2) is 5.82 Å². The van der Waals surface area contributed by atoms with Crippen molar-refractivity contribution in [3.8, 4) is 11.5 Å². The fourth-order valence-electron chi connectivity index (χ4n) is 1.76. The first-order valence-corrected chi connectivity index (χ1v) is 7.64. The Balaban J connectivity index is 2.46. The first kappa shape index (κ1) is 14.9. The maximum absolute atomic E-state index is 4.63. The van der Waals surface area contributed by atoms with Crippen molar-refractivity contribution < 1.29 is 0 Å². The minimum atomic E-state index is 0.349. The molecule has 4 nitrogen and oxygen atoms in total. The molecular weight excluding hydrogens is 316 g/mol. The number of hydrogen-bond donors (Lipinski definition) is 1. The molecular formula is C15H19BrN4. The molecule has 1 N–H and O–H groups in total. The highest BCUT2D eigenvalue weighted by Crippen LogP contribution is 2.25. The zero-order valence-electron chi connectivity index (χ0n) is 12.0. The van der Waals surface area contributed by atoms with Gasteiger partial charge in [0.05, 0.1) is 0 Å². The van der Waals surface area contributed by atoms with E-state index in [1.54, 1.807) is 6.20 Å². The fourth-order valence-corrected chi connectivity index (χ4v) is 2.19. The molecule has 106 valence electrons. The Morgan fingerprint density at radius 2 is 2.10 bits per heavy atom. The van der Waals surface area contributed by atoms with Crippen LogP contribution >= 0.6 is 15.9 Å². The lowest BCUT2D eigenvalue weighted by Gasteiger charge is -2.11. The van der Waals surface area contributed by atoms with E-state index in [2.05, 4.69) is 57.0 Å². The van der Waals surface area contributed by atoms with Crippen molar-refractivity contribution in [3.05, 3.63) is 34.6 Å². The van der Waals surface area contributed by atoms with Gasteiger partial charge >= 0.3 is 0 Å². The Bertz CT molecular complexity index is 584. The van der Waals surface area contributed by atoms with Gasteiger partial charge in [-0.1, -0.05) is 20.8 Å². The van der Waals surface area contributed by atoms with Gasteiger partial charge in [-0.2, -0.15) is 0 Å². The third-order valence-corrected chi connectivity index (χ3v) is 3.50. The number of halogens is 1. The minimum Gasteiger partial charge on any atom is -0.370 e. The van der Waals surface area contributed by atoms with Gasteiger partial charge in [-0.3, -0.25) is 4.98 Å². The largest absolute Gasteiger partial charge is 0.370 e. The molecule has 0 spiro atoms. The highest BCUT2D eigenvalue weighted by molar-refractivity contribution is 9.10. The molecule has 0 radical (unpaired) electrons. The van der Waals surface area contributed by atoms with Crippen molar-refractivity contribution in [2.75, 3.05) is 11.9 Å². The molecule has 0 bridgehead atoms. The van der Waals surface area contributed by atoms with Crippen molar-refractivity contribution in [2.45, 2.75) is 33.1 Å². The molecule has 0 unspecified atom stereocenters. The summed E-state index contributed by atoms with van der Waals surface area (Å²) in [6.45, 7) is 7.29. The number of aromatic nitrogens is 3. The average Bonchev–Trinajstić information content (AvgIpc) is 2.45. The van der Waals surface area contributed by atoms with Gasteiger partial charge in [0.1, 0.15) is 11.5 Å². The Hall–Kier alpha value is -1.49. The molecule has 5 heteroatoms. The second-order valence-corrected chi connectivity index (χ2v) is 5.77. The van der Waals surface area contributed by atoms with Gasteiger partial charge in [-0.15, -0.1) is 0 Å². The minimum absolute atomic E-state index is 0.349. The number of pyridine rings is 1. The summed E-state index contributed by atoms with van der Waals surface area (Å²) >= 11 is 3.51. The highest BCUT2D eigenvalue weighted by atomic mass is 79.9. The number of anilines is 1. The average molecular weight is 335 g/mol. The van der Waals surface area contributed by atoms with Gasteiger partial charge in [0.25, 0.3) is 0 Å². The second kappa shape index (κ2) is 6.79. The van der Waals surface area contributed by atoms with Crippen LogP contribution in [-0.2, 0) is 0 Å². The lowest BCUT2D eigenvalue weighted by Crippen LogP contribution is -2.07. The standard InChI is InChI=1S/C15H19BrN4/c1-4-7-17-13-9-12(10(2)3)19-15(20-13)14-11(16)6-5-8-18-14/h5-6,8-10H,4,7H2,1-3H3,(H,17,19,20). The lowest BCUT2D eigenvalue weighted by molar-refractivity contribution is 0.814. The molecule has 0 aliphatic rings. The van der Waals surface area contributed by atoms with Crippen molar-refractivity contribution in [3.63, 3.8) is 0 Å². The third kappa shape index (κ3) is 3.54. The molecule has 2 aromatic rings. The van der Waals surface area contributed by atoms with Crippen LogP contribution in [-0.4, -0.2) is 21.5 Å². The summed E-state index contributed by atoms with van der Waals surface area (Å²) in [6, 6.07) is 5.85. The van der Waals surface area contributed by atoms with E-state index < -0.39 is 0 Å². The molecule has 0 atom stereocenters. The Morgan fingerprint density at radius 3 is 2.75 bits per heavy atom. The SMILES string of the molecule is CCCNc1cc(C(C)C)nc(-c2ncccc2Br)n1. The van der Waals surface area contributed by atoms with Crippen molar-refractivity contribution in [1.29, 1.82) is 0 Å². The molecule has 0 saturated heterocycles. The van der Waals surface area contributed by atoms with Crippen molar-refractivity contribution >= 4 is 21.7 Å². The molecule has 20 heavy (non-hydrogen) atoms. The van der Waals surface area contributed by atoms with Crippen LogP contribution in [0.25, 0.3) is 11.5 Å². The molecule has 0 aromatic carbocycles. The van der Waals surface area contributed by atoms with E-state index in [4.69, 9.17) is 0 Å². The van der Waals surface area contributed by atoms with Crippen LogP contribution < -0.4 is 5.32 Å². The predicted octanol–water partition coefficient (Wildman–Crippen LogP) is 4.25. The van der Waals surface area contributed by atoms with E-state index >= 15 is 0 Å². The van der Waals surface area contributed by atoms with E-state index in [1.807, 2.05) is 18.2 Å². The molecule has 2 heterocycles. The van der Waals surface area contributed by atoms with Crippen molar-refractivity contribution in [1.82, 2.24) is 15.0 Å². The second-order valence-electron chi connectivity index (χ2n) is 4.92. The summed E-state index contributed by atoms with van der Waals surface area (Å²) in [5.74, 6) is 1.86. The van der Waals surface area contributed by atoms with Gasteiger partial charge in [0.2, 0.25) is 0 Å². The Kier molecular flexibility index (Phi) is 5.06. The first-order chi connectivity index (χ1) is 9.61. The van der Waals surface area contributed by atoms with E-state index in [-0.39, 0.29) is 0 Å². The van der Waals surface area contributed by atoms with E-state index in [9.17, 15) is 0 Å². The molecule has 0 amide bonds. The molecule has 0 fully saturated rings. The normalized spacial score (nSPS) is 10.8. The molecule has 2 aromatic heterocycles. The summed E-state index contributed by atoms with van der Waals surface area (Å²) in [7, 11) is 0. The monoisotopic (exact) mass is 334 g/mol. The van der Waals surface area contributed by atoms with Crippen LogP contribution in [0.2, 0.25) is 0 Å². The number of nitrogens with zero attached hydrogens (tertiary/aromatic N) is 3. The van der Waals surface area contributed by atoms with Gasteiger partial charge in [0, 0.05) is 29.0 Å². The van der Waals surface area contributed by atoms with Crippen molar-refractivity contribution in [2.24, 2.45) is 0 Å². The van der Waals surface area contributed by atoms with Crippen LogP contribution in [0.5, 0.6) is 0 Å². The number of nitrogens with one attached hydrogen (secondary N) is 1. The van der Waals surface area contributed by atoms with Gasteiger partial charge < -0.3 is 5.32 Å². The lowest BCUT2D eigenvalue weighted by atomic mass is 10.1. The molecule has 0 saturated carbocycles. The maximum Gasteiger partial charge on any atom is 0.181 e. The Labute approximate surface area is 128 Å². The van der Waals surface area contributed by atoms with Crippen LogP contribution in [0.4, 0.5) is 5.82 Å².